The fraction of sp³-hybridized carbons (Fsp3) is 0. The molecule has 0 amide bonds. The third kappa shape index (κ3) is 9.72. The molecule has 0 saturated heterocycles. The first kappa shape index (κ1) is 17.8. The van der Waals surface area contributed by atoms with Crippen LogP contribution in [0.2, 0.25) is 0 Å². The molecule has 0 aromatic heterocycles. The molecule has 0 aromatic carbocycles. The number of hydrogen-bond acceptors (Lipinski definition) is 0. The van der Waals surface area contributed by atoms with Crippen molar-refractivity contribution in [2.45, 2.75) is 0 Å². The molecule has 0 unspecified atom stereocenters. The van der Waals surface area contributed by atoms with E-state index in [9.17, 15) is 0 Å². The van der Waals surface area contributed by atoms with Gasteiger partial charge < -0.3 is 0 Å². The van der Waals surface area contributed by atoms with Gasteiger partial charge in [-0.1, -0.05) is 0 Å². The van der Waals surface area contributed by atoms with Gasteiger partial charge in [0.15, 0.2) is 0 Å². The molecular weight excluding hydrogens is 275 g/mol. The van der Waals surface area contributed by atoms with Gasteiger partial charge in [-0.2, -0.15) is 0 Å². The SMILES string of the molecule is B[SiH3].[Cr].[W]. The van der Waals surface area contributed by atoms with Crippen LogP contribution in [-0.2, 0) is 38.4 Å². The predicted octanol–water partition coefficient (Wildman–Crippen LogP) is -2.11. The smallest absolute Gasteiger partial charge is 0.0304 e. The largest absolute Gasteiger partial charge is 0.0852 e. The Bertz CT molecular complexity index is 8.00. The average Bonchev–Trinajstić information content (AvgIpc) is 1.00. The van der Waals surface area contributed by atoms with E-state index in [-0.39, 0.29) is 38.4 Å². The van der Waals surface area contributed by atoms with Crippen molar-refractivity contribution in [3.05, 3.63) is 0 Å². The Morgan fingerprint density at radius 3 is 1.25 bits per heavy atom. The molecule has 0 saturated carbocycles. The van der Waals surface area contributed by atoms with Crippen LogP contribution in [0.1, 0.15) is 0 Å². The Balaban J connectivity index is -0.00000000500. The van der Waals surface area contributed by atoms with Crippen molar-refractivity contribution in [3.8, 4) is 0 Å². The third-order valence-corrected chi connectivity index (χ3v) is 0. The Morgan fingerprint density at radius 2 is 1.25 bits per heavy atom. The topological polar surface area (TPSA) is 0 Å². The van der Waals surface area contributed by atoms with Crippen molar-refractivity contribution >= 4 is 17.6 Å². The van der Waals surface area contributed by atoms with E-state index in [2.05, 4.69) is 7.44 Å². The maximum atomic E-state index is 2.14. The summed E-state index contributed by atoms with van der Waals surface area (Å²) >= 11 is 0. The molecule has 0 radical (unpaired) electrons. The Labute approximate surface area is 55.9 Å². The van der Waals surface area contributed by atoms with Crippen LogP contribution in [0.15, 0.2) is 0 Å². The van der Waals surface area contributed by atoms with Crippen LogP contribution in [0.4, 0.5) is 0 Å². The van der Waals surface area contributed by atoms with Crippen molar-refractivity contribution in [1.82, 2.24) is 0 Å². The second-order valence-electron chi connectivity index (χ2n) is 0. The van der Waals surface area contributed by atoms with Gasteiger partial charge in [0.05, 0.1) is 7.44 Å². The zero-order valence-corrected chi connectivity index (χ0v) is 9.02. The van der Waals surface area contributed by atoms with Crippen LogP contribution in [0.5, 0.6) is 0 Å². The summed E-state index contributed by atoms with van der Waals surface area (Å²) in [5, 5.41) is 0. The minimum Gasteiger partial charge on any atom is -0.0304 e. The first-order valence-electron chi connectivity index (χ1n) is 1.00. The standard InChI is InChI=1S/BH5Si.Cr.W/c1-2;;/h1H2,2H3;;. The molecule has 0 bridgehead atoms. The van der Waals surface area contributed by atoms with E-state index in [0.29, 0.717) is 0 Å². The molecule has 0 aromatic rings. The Hall–Kier alpha value is 1.50. The van der Waals surface area contributed by atoms with Crippen LogP contribution in [-0.4, -0.2) is 17.6 Å². The Kier molecular flexibility index (Phi) is 109. The van der Waals surface area contributed by atoms with Gasteiger partial charge in [-0.15, -0.1) is 0 Å². The van der Waals surface area contributed by atoms with Crippen molar-refractivity contribution in [3.63, 3.8) is 0 Å². The maximum absolute atomic E-state index is 2.14. The fourth-order valence-corrected chi connectivity index (χ4v) is 0. The van der Waals surface area contributed by atoms with E-state index in [1.54, 1.807) is 0 Å². The van der Waals surface area contributed by atoms with E-state index >= 15 is 0 Å². The number of hydrogen-bond donors (Lipinski definition) is 0. The zero-order valence-electron chi connectivity index (χ0n) is 2.82. The van der Waals surface area contributed by atoms with E-state index in [0.717, 1.165) is 0 Å². The molecule has 24 valence electrons. The van der Waals surface area contributed by atoms with Crippen LogP contribution in [0.25, 0.3) is 0 Å². The average molecular weight is 280 g/mol. The summed E-state index contributed by atoms with van der Waals surface area (Å²) in [4.78, 5) is 0. The van der Waals surface area contributed by atoms with Gasteiger partial charge >= 0.3 is 0 Å². The van der Waals surface area contributed by atoms with Crippen molar-refractivity contribution < 1.29 is 38.4 Å². The van der Waals surface area contributed by atoms with Gasteiger partial charge in [0.2, 0.25) is 0 Å². The van der Waals surface area contributed by atoms with Gasteiger partial charge in [-0.25, -0.2) is 0 Å². The molecule has 0 heterocycles. The normalized spacial score (nSPS) is 2.00. The molecule has 0 aliphatic rings. The number of rotatable bonds is 0. The Morgan fingerprint density at radius 1 is 1.25 bits per heavy atom. The molecule has 0 aliphatic carbocycles. The summed E-state index contributed by atoms with van der Waals surface area (Å²) in [5.74, 6) is 0. The second kappa shape index (κ2) is 24.5. The van der Waals surface area contributed by atoms with Crippen molar-refractivity contribution in [1.29, 1.82) is 0 Å². The zero-order chi connectivity index (χ0) is 2.00. The van der Waals surface area contributed by atoms with E-state index in [1.807, 2.05) is 0 Å². The van der Waals surface area contributed by atoms with E-state index in [4.69, 9.17) is 0 Å². The predicted molar refractivity (Wildman–Crippen MR) is 18.5 cm³/mol. The summed E-state index contributed by atoms with van der Waals surface area (Å²) in [6, 6.07) is 0. The first-order chi connectivity index (χ1) is 1.00. The van der Waals surface area contributed by atoms with Crippen molar-refractivity contribution in [2.24, 2.45) is 0 Å². The molecule has 4 heteroatoms. The van der Waals surface area contributed by atoms with Crippen LogP contribution in [0.3, 0.4) is 0 Å². The molecule has 0 N–H and O–H groups in total. The van der Waals surface area contributed by atoms with Crippen LogP contribution < -0.4 is 0 Å². The summed E-state index contributed by atoms with van der Waals surface area (Å²) in [6.07, 6.45) is 0. The van der Waals surface area contributed by atoms with E-state index < -0.39 is 0 Å². The quantitative estimate of drug-likeness (QED) is 0.446. The molecule has 0 fully saturated rings. The van der Waals surface area contributed by atoms with Gasteiger partial charge in [-0.05, 0) is 10.1 Å². The van der Waals surface area contributed by atoms with Gasteiger partial charge in [0, 0.05) is 38.4 Å². The molecule has 0 rings (SSSR count). The van der Waals surface area contributed by atoms with Crippen LogP contribution >= 0.6 is 0 Å². The minimum absolute atomic E-state index is 0. The molecule has 0 aliphatic heterocycles. The van der Waals surface area contributed by atoms with Gasteiger partial charge in [0.25, 0.3) is 0 Å². The second-order valence-corrected chi connectivity index (χ2v) is 0. The summed E-state index contributed by atoms with van der Waals surface area (Å²) in [6.45, 7) is 0. The fourth-order valence-electron chi connectivity index (χ4n) is 0. The van der Waals surface area contributed by atoms with Gasteiger partial charge in [-0.3, -0.25) is 0 Å². The van der Waals surface area contributed by atoms with E-state index in [1.165, 1.54) is 10.1 Å². The van der Waals surface area contributed by atoms with Crippen LogP contribution in [0, 0.1) is 0 Å². The minimum atomic E-state index is 0. The molecule has 0 spiro atoms. The third-order valence-electron chi connectivity index (χ3n) is 0. The summed E-state index contributed by atoms with van der Waals surface area (Å²) in [5.41, 5.74) is 0. The monoisotopic (exact) mass is 280 g/mol. The van der Waals surface area contributed by atoms with Gasteiger partial charge in [0.1, 0.15) is 0 Å². The first-order valence-corrected chi connectivity index (χ1v) is 3.00. The molecule has 4 heavy (non-hydrogen) atoms. The van der Waals surface area contributed by atoms with Crippen molar-refractivity contribution in [2.75, 3.05) is 0 Å². The maximum Gasteiger partial charge on any atom is 0.0852 e. The molecular formula is H5BCrSiW. The molecule has 0 atom stereocenters. The molecule has 0 nitrogen and oxygen atoms in total. The summed E-state index contributed by atoms with van der Waals surface area (Å²) in [7, 11) is 3.44. The summed E-state index contributed by atoms with van der Waals surface area (Å²) < 4.78 is 0.